The number of carbonyl (C=O) groups excluding carboxylic acids is 1. The van der Waals surface area contributed by atoms with E-state index in [2.05, 4.69) is 0 Å². The van der Waals surface area contributed by atoms with Crippen LogP contribution in [-0.2, 0) is 14.3 Å². The van der Waals surface area contributed by atoms with Crippen molar-refractivity contribution in [1.82, 2.24) is 0 Å². The molecule has 0 radical (unpaired) electrons. The van der Waals surface area contributed by atoms with Gasteiger partial charge < -0.3 is 14.6 Å². The minimum absolute atomic E-state index is 0.125. The second-order valence-electron chi connectivity index (χ2n) is 2.65. The monoisotopic (exact) mass is 160 g/mol. The van der Waals surface area contributed by atoms with Gasteiger partial charge in [0.15, 0.2) is 5.78 Å². The summed E-state index contributed by atoms with van der Waals surface area (Å²) in [7, 11) is 1.41. The lowest BCUT2D eigenvalue weighted by atomic mass is 10.1. The Labute approximate surface area is 65.1 Å². The summed E-state index contributed by atoms with van der Waals surface area (Å²) in [5, 5.41) is 9.16. The Morgan fingerprint density at radius 1 is 1.73 bits per heavy atom. The van der Waals surface area contributed by atoms with Crippen LogP contribution in [0.2, 0.25) is 0 Å². The van der Waals surface area contributed by atoms with Gasteiger partial charge in [0.2, 0.25) is 6.29 Å². The van der Waals surface area contributed by atoms with Gasteiger partial charge in [-0.15, -0.1) is 0 Å². The van der Waals surface area contributed by atoms with E-state index in [4.69, 9.17) is 14.6 Å². The van der Waals surface area contributed by atoms with E-state index < -0.39 is 12.4 Å². The fraction of sp³-hybridized carbons (Fsp3) is 0.857. The molecule has 11 heavy (non-hydrogen) atoms. The van der Waals surface area contributed by atoms with Gasteiger partial charge in [-0.2, -0.15) is 0 Å². The average Bonchev–Trinajstić information content (AvgIpc) is 1.97. The fourth-order valence-corrected chi connectivity index (χ4v) is 1.02. The van der Waals surface area contributed by atoms with Crippen LogP contribution in [-0.4, -0.2) is 36.5 Å². The van der Waals surface area contributed by atoms with Crippen LogP contribution < -0.4 is 0 Å². The van der Waals surface area contributed by atoms with E-state index in [1.807, 2.05) is 0 Å². The summed E-state index contributed by atoms with van der Waals surface area (Å²) in [4.78, 5) is 11.0. The Morgan fingerprint density at radius 3 is 2.91 bits per heavy atom. The van der Waals surface area contributed by atoms with E-state index in [9.17, 15) is 4.79 Å². The molecule has 3 atom stereocenters. The third-order valence-corrected chi connectivity index (χ3v) is 1.77. The van der Waals surface area contributed by atoms with Gasteiger partial charge in [0, 0.05) is 13.5 Å². The van der Waals surface area contributed by atoms with Crippen molar-refractivity contribution in [3.8, 4) is 0 Å². The molecule has 0 saturated carbocycles. The topological polar surface area (TPSA) is 55.8 Å². The molecule has 1 heterocycles. The number of carbonyl (C=O) groups is 1. The van der Waals surface area contributed by atoms with Crippen LogP contribution in [0.4, 0.5) is 0 Å². The number of aliphatic hydroxyl groups excluding tert-OH is 1. The van der Waals surface area contributed by atoms with E-state index in [0.29, 0.717) is 0 Å². The summed E-state index contributed by atoms with van der Waals surface area (Å²) in [6.07, 6.45) is -1.67. The molecule has 1 N–H and O–H groups in total. The molecule has 4 heteroatoms. The maximum atomic E-state index is 11.0. The molecule has 0 amide bonds. The van der Waals surface area contributed by atoms with Gasteiger partial charge in [-0.3, -0.25) is 4.79 Å². The molecule has 64 valence electrons. The minimum atomic E-state index is -0.784. The van der Waals surface area contributed by atoms with Crippen LogP contribution >= 0.6 is 0 Å². The second kappa shape index (κ2) is 3.30. The molecule has 0 aliphatic carbocycles. The van der Waals surface area contributed by atoms with Gasteiger partial charge in [-0.1, -0.05) is 0 Å². The predicted molar refractivity (Wildman–Crippen MR) is 37.0 cm³/mol. The molecule has 0 unspecified atom stereocenters. The van der Waals surface area contributed by atoms with E-state index >= 15 is 0 Å². The first-order valence-corrected chi connectivity index (χ1v) is 3.54. The third kappa shape index (κ3) is 1.77. The average molecular weight is 160 g/mol. The van der Waals surface area contributed by atoms with Crippen LogP contribution in [0.5, 0.6) is 0 Å². The summed E-state index contributed by atoms with van der Waals surface area (Å²) in [5.74, 6) is -0.196. The number of ketones is 1. The molecule has 0 bridgehead atoms. The summed E-state index contributed by atoms with van der Waals surface area (Å²) >= 11 is 0. The van der Waals surface area contributed by atoms with Crippen molar-refractivity contribution >= 4 is 5.78 Å². The summed E-state index contributed by atoms with van der Waals surface area (Å²) in [6.45, 7) is 1.71. The highest BCUT2D eigenvalue weighted by Crippen LogP contribution is 2.16. The van der Waals surface area contributed by atoms with E-state index in [1.165, 1.54) is 7.11 Å². The van der Waals surface area contributed by atoms with Crippen molar-refractivity contribution in [2.24, 2.45) is 0 Å². The van der Waals surface area contributed by atoms with Gasteiger partial charge in [0.25, 0.3) is 0 Å². The first kappa shape index (κ1) is 8.64. The minimum Gasteiger partial charge on any atom is -0.390 e. The molecular formula is C7H12O4. The zero-order chi connectivity index (χ0) is 8.43. The van der Waals surface area contributed by atoms with Gasteiger partial charge in [0.05, 0.1) is 12.2 Å². The first-order valence-electron chi connectivity index (χ1n) is 3.54. The van der Waals surface area contributed by atoms with Crippen LogP contribution in [0.1, 0.15) is 13.3 Å². The quantitative estimate of drug-likeness (QED) is 0.572. The third-order valence-electron chi connectivity index (χ3n) is 1.77. The summed E-state index contributed by atoms with van der Waals surface area (Å²) < 4.78 is 9.78. The van der Waals surface area contributed by atoms with E-state index in [-0.39, 0.29) is 18.3 Å². The van der Waals surface area contributed by atoms with Crippen LogP contribution in [0, 0.1) is 0 Å². The van der Waals surface area contributed by atoms with Crippen molar-refractivity contribution in [1.29, 1.82) is 0 Å². The zero-order valence-corrected chi connectivity index (χ0v) is 6.61. The van der Waals surface area contributed by atoms with Crippen LogP contribution in [0.25, 0.3) is 0 Å². The smallest absolute Gasteiger partial charge is 0.217 e. The molecule has 0 aromatic rings. The Morgan fingerprint density at radius 2 is 2.36 bits per heavy atom. The number of methoxy groups -OCH3 is 1. The standard InChI is InChI=1S/C7H12O4/c1-4-5(8)3-6(9)7(10-2)11-4/h4-5,7-8H,3H2,1-2H3/t4-,5-,7+/m0/s1. The molecule has 0 spiro atoms. The Balaban J connectivity index is 2.55. The van der Waals surface area contributed by atoms with Gasteiger partial charge in [0.1, 0.15) is 0 Å². The normalized spacial score (nSPS) is 39.2. The molecule has 1 aliphatic heterocycles. The van der Waals surface area contributed by atoms with Crippen molar-refractivity contribution in [2.75, 3.05) is 7.11 Å². The van der Waals surface area contributed by atoms with Crippen LogP contribution in [0.15, 0.2) is 0 Å². The van der Waals surface area contributed by atoms with Gasteiger partial charge >= 0.3 is 0 Å². The lowest BCUT2D eigenvalue weighted by molar-refractivity contribution is -0.203. The fourth-order valence-electron chi connectivity index (χ4n) is 1.02. The molecule has 1 fully saturated rings. The highest BCUT2D eigenvalue weighted by Gasteiger charge is 2.33. The van der Waals surface area contributed by atoms with Gasteiger partial charge in [-0.25, -0.2) is 0 Å². The lowest BCUT2D eigenvalue weighted by Gasteiger charge is -2.29. The SMILES string of the molecule is CO[C@@H]1O[C@@H](C)[C@@H](O)CC1=O. The highest BCUT2D eigenvalue weighted by molar-refractivity contribution is 5.83. The molecule has 4 nitrogen and oxygen atoms in total. The zero-order valence-electron chi connectivity index (χ0n) is 6.61. The molecule has 1 saturated heterocycles. The largest absolute Gasteiger partial charge is 0.390 e. The molecular weight excluding hydrogens is 148 g/mol. The Bertz CT molecular complexity index is 157. The Kier molecular flexibility index (Phi) is 2.59. The first-order chi connectivity index (χ1) is 5.15. The number of hydrogen-bond donors (Lipinski definition) is 1. The maximum absolute atomic E-state index is 11.0. The molecule has 1 aliphatic rings. The Hall–Kier alpha value is -0.450. The van der Waals surface area contributed by atoms with Crippen molar-refractivity contribution < 1.29 is 19.4 Å². The molecule has 0 aromatic heterocycles. The second-order valence-corrected chi connectivity index (χ2v) is 2.65. The predicted octanol–water partition coefficient (Wildman–Crippen LogP) is -0.302. The lowest BCUT2D eigenvalue weighted by Crippen LogP contribution is -2.43. The molecule has 0 aromatic carbocycles. The van der Waals surface area contributed by atoms with Crippen molar-refractivity contribution in [3.63, 3.8) is 0 Å². The number of rotatable bonds is 1. The van der Waals surface area contributed by atoms with E-state index in [1.54, 1.807) is 6.92 Å². The van der Waals surface area contributed by atoms with E-state index in [0.717, 1.165) is 0 Å². The van der Waals surface area contributed by atoms with Crippen molar-refractivity contribution in [2.45, 2.75) is 31.8 Å². The number of Topliss-reactive ketones (excluding diaryl/α,β-unsaturated/α-hetero) is 1. The van der Waals surface area contributed by atoms with Crippen LogP contribution in [0.3, 0.4) is 0 Å². The highest BCUT2D eigenvalue weighted by atomic mass is 16.7. The molecule has 1 rings (SSSR count). The van der Waals surface area contributed by atoms with Gasteiger partial charge in [-0.05, 0) is 6.92 Å². The number of hydrogen-bond acceptors (Lipinski definition) is 4. The maximum Gasteiger partial charge on any atom is 0.217 e. The summed E-state index contributed by atoms with van der Waals surface area (Å²) in [6, 6.07) is 0. The number of aliphatic hydroxyl groups is 1. The number of ether oxygens (including phenoxy) is 2. The van der Waals surface area contributed by atoms with Crippen molar-refractivity contribution in [3.05, 3.63) is 0 Å². The summed E-state index contributed by atoms with van der Waals surface area (Å²) in [5.41, 5.74) is 0.